The maximum Gasteiger partial charge on any atom is 0.251 e. The van der Waals surface area contributed by atoms with Crippen molar-refractivity contribution in [3.8, 4) is 0 Å². The molecule has 3 aromatic rings. The lowest BCUT2D eigenvalue weighted by molar-refractivity contribution is 0.0940. The quantitative estimate of drug-likeness (QED) is 0.759. The molecule has 2 N–H and O–H groups in total. The lowest BCUT2D eigenvalue weighted by atomic mass is 10.1. The number of halogens is 1. The van der Waals surface area contributed by atoms with Crippen molar-refractivity contribution in [2.24, 2.45) is 0 Å². The molecule has 1 heterocycles. The van der Waals surface area contributed by atoms with Crippen molar-refractivity contribution in [1.82, 2.24) is 15.5 Å². The van der Waals surface area contributed by atoms with E-state index in [0.29, 0.717) is 5.56 Å². The number of hydrogen-bond donors (Lipinski definition) is 2. The largest absolute Gasteiger partial charge is 0.346 e. The van der Waals surface area contributed by atoms with E-state index in [1.54, 1.807) is 6.20 Å². The number of nitrogens with zero attached hydrogens (tertiary/aromatic N) is 1. The zero-order chi connectivity index (χ0) is 14.8. The zero-order valence-electron chi connectivity index (χ0n) is 11.4. The summed E-state index contributed by atoms with van der Waals surface area (Å²) in [5.74, 6) is -0.0954. The van der Waals surface area contributed by atoms with E-state index in [4.69, 9.17) is 0 Å². The molecule has 0 radical (unpaired) electrons. The number of fused-ring (bicyclic) bond motifs is 1. The molecule has 3 rings (SSSR count). The van der Waals surface area contributed by atoms with Crippen LogP contribution in [0.25, 0.3) is 10.9 Å². The first-order valence-corrected chi connectivity index (χ1v) is 7.42. The number of hydrogen-bond acceptors (Lipinski definition) is 2. The van der Waals surface area contributed by atoms with Gasteiger partial charge in [0, 0.05) is 15.4 Å². The fraction of sp³-hybridized carbons (Fsp3) is 0.125. The van der Waals surface area contributed by atoms with Gasteiger partial charge in [-0.3, -0.25) is 9.89 Å². The van der Waals surface area contributed by atoms with E-state index < -0.39 is 0 Å². The summed E-state index contributed by atoms with van der Waals surface area (Å²) < 4.78 is 1.02. The molecule has 1 amide bonds. The monoisotopic (exact) mass is 343 g/mol. The smallest absolute Gasteiger partial charge is 0.251 e. The summed E-state index contributed by atoms with van der Waals surface area (Å²) in [5, 5.41) is 10.8. The Morgan fingerprint density at radius 1 is 1.24 bits per heavy atom. The minimum atomic E-state index is -0.0954. The maximum absolute atomic E-state index is 12.3. The first kappa shape index (κ1) is 13.8. The Bertz CT molecular complexity index is 780. The van der Waals surface area contributed by atoms with E-state index in [1.165, 1.54) is 0 Å². The predicted molar refractivity (Wildman–Crippen MR) is 86.1 cm³/mol. The summed E-state index contributed by atoms with van der Waals surface area (Å²) in [6.07, 6.45) is 1.74. The summed E-state index contributed by atoms with van der Waals surface area (Å²) in [5.41, 5.74) is 2.55. The van der Waals surface area contributed by atoms with E-state index in [9.17, 15) is 4.79 Å². The van der Waals surface area contributed by atoms with Gasteiger partial charge in [-0.2, -0.15) is 5.10 Å². The van der Waals surface area contributed by atoms with Gasteiger partial charge < -0.3 is 5.32 Å². The average molecular weight is 344 g/mol. The standard InChI is InChI=1S/C16H14BrN3O/c1-10(11-4-6-14(17)7-5-11)19-16(21)12-2-3-13-9-18-20-15(13)8-12/h2-10H,1H3,(H,18,20)(H,19,21). The SMILES string of the molecule is CC(NC(=O)c1ccc2cn[nH]c2c1)c1ccc(Br)cc1. The van der Waals surface area contributed by atoms with Crippen molar-refractivity contribution in [2.45, 2.75) is 13.0 Å². The molecule has 4 nitrogen and oxygen atoms in total. The Kier molecular flexibility index (Phi) is 3.75. The van der Waals surface area contributed by atoms with Gasteiger partial charge >= 0.3 is 0 Å². The highest BCUT2D eigenvalue weighted by atomic mass is 79.9. The van der Waals surface area contributed by atoms with Crippen molar-refractivity contribution in [3.05, 3.63) is 64.3 Å². The Labute approximate surface area is 130 Å². The van der Waals surface area contributed by atoms with Crippen LogP contribution in [0.15, 0.2) is 53.1 Å². The number of carbonyl (C=O) groups excluding carboxylic acids is 1. The molecule has 1 unspecified atom stereocenters. The first-order chi connectivity index (χ1) is 10.1. The Hall–Kier alpha value is -2.14. The topological polar surface area (TPSA) is 57.8 Å². The van der Waals surface area contributed by atoms with E-state index in [2.05, 4.69) is 31.4 Å². The van der Waals surface area contributed by atoms with Gasteiger partial charge in [0.05, 0.1) is 17.8 Å². The van der Waals surface area contributed by atoms with Gasteiger partial charge in [0.25, 0.3) is 5.91 Å². The van der Waals surface area contributed by atoms with Crippen LogP contribution in [0.2, 0.25) is 0 Å². The van der Waals surface area contributed by atoms with Crippen LogP contribution in [0.4, 0.5) is 0 Å². The normalized spacial score (nSPS) is 12.3. The Morgan fingerprint density at radius 3 is 2.76 bits per heavy atom. The van der Waals surface area contributed by atoms with Gasteiger partial charge in [-0.15, -0.1) is 0 Å². The Balaban J connectivity index is 1.77. The third kappa shape index (κ3) is 2.97. The van der Waals surface area contributed by atoms with E-state index in [-0.39, 0.29) is 11.9 Å². The molecule has 2 aromatic carbocycles. The van der Waals surface area contributed by atoms with Gasteiger partial charge in [0.2, 0.25) is 0 Å². The van der Waals surface area contributed by atoms with Crippen molar-refractivity contribution in [1.29, 1.82) is 0 Å². The number of aromatic nitrogens is 2. The van der Waals surface area contributed by atoms with Crippen LogP contribution >= 0.6 is 15.9 Å². The number of H-pyrrole nitrogens is 1. The van der Waals surface area contributed by atoms with Crippen molar-refractivity contribution in [2.75, 3.05) is 0 Å². The third-order valence-electron chi connectivity index (χ3n) is 3.42. The highest BCUT2D eigenvalue weighted by Crippen LogP contribution is 2.18. The number of nitrogens with one attached hydrogen (secondary N) is 2. The molecular weight excluding hydrogens is 330 g/mol. The lowest BCUT2D eigenvalue weighted by Gasteiger charge is -2.14. The van der Waals surface area contributed by atoms with Crippen LogP contribution in [0.1, 0.15) is 28.9 Å². The van der Waals surface area contributed by atoms with Gasteiger partial charge in [-0.25, -0.2) is 0 Å². The maximum atomic E-state index is 12.3. The van der Waals surface area contributed by atoms with Crippen LogP contribution in [-0.4, -0.2) is 16.1 Å². The lowest BCUT2D eigenvalue weighted by Crippen LogP contribution is -2.26. The summed E-state index contributed by atoms with van der Waals surface area (Å²) in [6.45, 7) is 1.97. The molecule has 21 heavy (non-hydrogen) atoms. The molecule has 0 aliphatic rings. The van der Waals surface area contributed by atoms with Crippen molar-refractivity contribution >= 4 is 32.7 Å². The number of benzene rings is 2. The molecule has 0 spiro atoms. The second-order valence-corrected chi connectivity index (χ2v) is 5.83. The number of carbonyl (C=O) groups is 1. The number of rotatable bonds is 3. The molecule has 0 aliphatic carbocycles. The second kappa shape index (κ2) is 5.69. The number of amides is 1. The molecule has 1 aromatic heterocycles. The zero-order valence-corrected chi connectivity index (χ0v) is 13.0. The van der Waals surface area contributed by atoms with Crippen LogP contribution < -0.4 is 5.32 Å². The summed E-state index contributed by atoms with van der Waals surface area (Å²) in [6, 6.07) is 13.4. The highest BCUT2D eigenvalue weighted by Gasteiger charge is 2.12. The fourth-order valence-electron chi connectivity index (χ4n) is 2.19. The van der Waals surface area contributed by atoms with Crippen LogP contribution in [0.3, 0.4) is 0 Å². The molecule has 0 aliphatic heterocycles. The van der Waals surface area contributed by atoms with E-state index in [0.717, 1.165) is 20.9 Å². The summed E-state index contributed by atoms with van der Waals surface area (Å²) in [7, 11) is 0. The van der Waals surface area contributed by atoms with Crippen molar-refractivity contribution in [3.63, 3.8) is 0 Å². The number of aromatic amines is 1. The van der Waals surface area contributed by atoms with Gasteiger partial charge in [0.15, 0.2) is 0 Å². The van der Waals surface area contributed by atoms with Gasteiger partial charge in [0.1, 0.15) is 0 Å². The van der Waals surface area contributed by atoms with Crippen LogP contribution in [-0.2, 0) is 0 Å². The van der Waals surface area contributed by atoms with Crippen molar-refractivity contribution < 1.29 is 4.79 Å². The van der Waals surface area contributed by atoms with E-state index >= 15 is 0 Å². The molecule has 1 atom stereocenters. The molecule has 0 bridgehead atoms. The average Bonchev–Trinajstić information content (AvgIpc) is 2.95. The van der Waals surface area contributed by atoms with Crippen LogP contribution in [0.5, 0.6) is 0 Å². The summed E-state index contributed by atoms with van der Waals surface area (Å²) >= 11 is 3.40. The summed E-state index contributed by atoms with van der Waals surface area (Å²) in [4.78, 5) is 12.3. The molecule has 106 valence electrons. The minimum Gasteiger partial charge on any atom is -0.346 e. The highest BCUT2D eigenvalue weighted by molar-refractivity contribution is 9.10. The van der Waals surface area contributed by atoms with E-state index in [1.807, 2.05) is 49.4 Å². The molecule has 0 saturated heterocycles. The fourth-order valence-corrected chi connectivity index (χ4v) is 2.46. The van der Waals surface area contributed by atoms with Gasteiger partial charge in [-0.05, 0) is 36.8 Å². The molecule has 5 heteroatoms. The molecular formula is C16H14BrN3O. The first-order valence-electron chi connectivity index (χ1n) is 6.63. The minimum absolute atomic E-state index is 0.0527. The third-order valence-corrected chi connectivity index (χ3v) is 3.95. The second-order valence-electron chi connectivity index (χ2n) is 4.92. The van der Waals surface area contributed by atoms with Gasteiger partial charge in [-0.1, -0.05) is 34.1 Å². The predicted octanol–water partition coefficient (Wildman–Crippen LogP) is 3.82. The Morgan fingerprint density at radius 2 is 2.00 bits per heavy atom. The molecule has 0 saturated carbocycles. The van der Waals surface area contributed by atoms with Crippen LogP contribution in [0, 0.1) is 0 Å². The molecule has 0 fully saturated rings.